The summed E-state index contributed by atoms with van der Waals surface area (Å²) in [6.07, 6.45) is 0.879. The summed E-state index contributed by atoms with van der Waals surface area (Å²) in [6.45, 7) is 11.2. The first kappa shape index (κ1) is 22.7. The number of benzene rings is 2. The number of aryl methyl sites for hydroxylation is 3. The Hall–Kier alpha value is -2.48. The first-order valence-electron chi connectivity index (χ1n) is 11.2. The molecule has 32 heavy (non-hydrogen) atoms. The van der Waals surface area contributed by atoms with Gasteiger partial charge in [0.05, 0.1) is 23.4 Å². The molecule has 4 rings (SSSR count). The average Bonchev–Trinajstić information content (AvgIpc) is 3.20. The third-order valence-electron chi connectivity index (χ3n) is 5.65. The molecule has 0 saturated carbocycles. The Morgan fingerprint density at radius 1 is 1.16 bits per heavy atom. The first-order valence-corrected chi connectivity index (χ1v) is 12.0. The quantitative estimate of drug-likeness (QED) is 0.507. The number of morpholine rings is 1. The number of nitrogens with zero attached hydrogens (tertiary/aromatic N) is 3. The predicted molar refractivity (Wildman–Crippen MR) is 130 cm³/mol. The maximum atomic E-state index is 13.2. The van der Waals surface area contributed by atoms with E-state index in [2.05, 4.69) is 30.9 Å². The monoisotopic (exact) mass is 453 g/mol. The van der Waals surface area contributed by atoms with Gasteiger partial charge in [-0.1, -0.05) is 29.5 Å². The molecular formula is C25H31N3O3S. The highest BCUT2D eigenvalue weighted by molar-refractivity contribution is 7.22. The lowest BCUT2D eigenvalue weighted by Crippen LogP contribution is -2.40. The van der Waals surface area contributed by atoms with Crippen molar-refractivity contribution >= 4 is 32.6 Å². The fraction of sp³-hybridized carbons (Fsp3) is 0.440. The predicted octanol–water partition coefficient (Wildman–Crippen LogP) is 4.36. The number of aromatic nitrogens is 1. The minimum Gasteiger partial charge on any atom is -0.484 e. The van der Waals surface area contributed by atoms with E-state index < -0.39 is 0 Å². The van der Waals surface area contributed by atoms with Crippen LogP contribution in [0.15, 0.2) is 36.4 Å². The number of carbonyl (C=O) groups is 1. The normalized spacial score (nSPS) is 14.6. The van der Waals surface area contributed by atoms with Crippen molar-refractivity contribution in [2.24, 2.45) is 0 Å². The van der Waals surface area contributed by atoms with E-state index in [0.717, 1.165) is 60.2 Å². The molecule has 1 aromatic heterocycles. The SMILES string of the molecule is Cc1cccc(OCC(=O)N(CCCN2CCOCC2)c2nc3cc(C)cc(C)c3s2)c1. The van der Waals surface area contributed by atoms with Crippen LogP contribution < -0.4 is 9.64 Å². The molecule has 3 aromatic rings. The van der Waals surface area contributed by atoms with Crippen molar-refractivity contribution in [2.45, 2.75) is 27.2 Å². The Morgan fingerprint density at radius 2 is 1.97 bits per heavy atom. The van der Waals surface area contributed by atoms with Crippen LogP contribution in [0, 0.1) is 20.8 Å². The maximum Gasteiger partial charge on any atom is 0.266 e. The van der Waals surface area contributed by atoms with E-state index in [1.165, 1.54) is 11.1 Å². The fourth-order valence-electron chi connectivity index (χ4n) is 4.01. The lowest BCUT2D eigenvalue weighted by Gasteiger charge is -2.27. The molecule has 7 heteroatoms. The van der Waals surface area contributed by atoms with E-state index in [1.807, 2.05) is 31.2 Å². The summed E-state index contributed by atoms with van der Waals surface area (Å²) >= 11 is 1.58. The summed E-state index contributed by atoms with van der Waals surface area (Å²) in [5.74, 6) is 0.643. The number of carbonyl (C=O) groups excluding carboxylic acids is 1. The van der Waals surface area contributed by atoms with Gasteiger partial charge in [-0.05, 0) is 62.1 Å². The second-order valence-corrected chi connectivity index (χ2v) is 9.36. The van der Waals surface area contributed by atoms with Crippen LogP contribution in [0.25, 0.3) is 10.2 Å². The lowest BCUT2D eigenvalue weighted by atomic mass is 10.1. The van der Waals surface area contributed by atoms with Crippen molar-refractivity contribution in [3.8, 4) is 5.75 Å². The van der Waals surface area contributed by atoms with Crippen molar-refractivity contribution in [2.75, 3.05) is 50.9 Å². The third-order valence-corrected chi connectivity index (χ3v) is 6.88. The molecule has 0 bridgehead atoms. The van der Waals surface area contributed by atoms with Crippen LogP contribution in [0.3, 0.4) is 0 Å². The van der Waals surface area contributed by atoms with Gasteiger partial charge >= 0.3 is 0 Å². The van der Waals surface area contributed by atoms with Crippen molar-refractivity contribution < 1.29 is 14.3 Å². The molecule has 0 unspecified atom stereocenters. The maximum absolute atomic E-state index is 13.2. The Bertz CT molecular complexity index is 1080. The van der Waals surface area contributed by atoms with Crippen LogP contribution in [-0.4, -0.2) is 61.8 Å². The van der Waals surface area contributed by atoms with Gasteiger partial charge in [0.25, 0.3) is 5.91 Å². The number of fused-ring (bicyclic) bond motifs is 1. The van der Waals surface area contributed by atoms with E-state index >= 15 is 0 Å². The molecule has 0 aliphatic carbocycles. The highest BCUT2D eigenvalue weighted by Crippen LogP contribution is 2.32. The number of rotatable bonds is 8. The van der Waals surface area contributed by atoms with Gasteiger partial charge in [-0.25, -0.2) is 4.98 Å². The van der Waals surface area contributed by atoms with Crippen molar-refractivity contribution in [3.63, 3.8) is 0 Å². The Labute approximate surface area is 193 Å². The number of hydrogen-bond acceptors (Lipinski definition) is 6. The van der Waals surface area contributed by atoms with Crippen molar-refractivity contribution in [1.29, 1.82) is 0 Å². The van der Waals surface area contributed by atoms with E-state index in [0.29, 0.717) is 12.3 Å². The molecular weight excluding hydrogens is 422 g/mol. The smallest absolute Gasteiger partial charge is 0.266 e. The molecule has 0 spiro atoms. The zero-order valence-corrected chi connectivity index (χ0v) is 19.9. The zero-order valence-electron chi connectivity index (χ0n) is 19.1. The van der Waals surface area contributed by atoms with Gasteiger partial charge in [0.15, 0.2) is 11.7 Å². The lowest BCUT2D eigenvalue weighted by molar-refractivity contribution is -0.120. The summed E-state index contributed by atoms with van der Waals surface area (Å²) < 4.78 is 12.4. The minimum absolute atomic E-state index is 0.00502. The van der Waals surface area contributed by atoms with Crippen LogP contribution in [-0.2, 0) is 9.53 Å². The number of ether oxygens (including phenoxy) is 2. The zero-order chi connectivity index (χ0) is 22.5. The van der Waals surface area contributed by atoms with Gasteiger partial charge in [-0.3, -0.25) is 14.6 Å². The Kier molecular flexibility index (Phi) is 7.40. The average molecular weight is 454 g/mol. The molecule has 0 atom stereocenters. The van der Waals surface area contributed by atoms with Crippen molar-refractivity contribution in [1.82, 2.24) is 9.88 Å². The van der Waals surface area contributed by atoms with Gasteiger partial charge in [0, 0.05) is 26.2 Å². The molecule has 1 fully saturated rings. The second kappa shape index (κ2) is 10.4. The summed E-state index contributed by atoms with van der Waals surface area (Å²) in [5.41, 5.74) is 4.43. The van der Waals surface area contributed by atoms with Gasteiger partial charge in [-0.2, -0.15) is 0 Å². The Morgan fingerprint density at radius 3 is 2.75 bits per heavy atom. The molecule has 1 saturated heterocycles. The summed E-state index contributed by atoms with van der Waals surface area (Å²) in [7, 11) is 0. The van der Waals surface area contributed by atoms with Crippen LogP contribution >= 0.6 is 11.3 Å². The molecule has 2 heterocycles. The second-order valence-electron chi connectivity index (χ2n) is 8.38. The van der Waals surface area contributed by atoms with Crippen LogP contribution in [0.1, 0.15) is 23.1 Å². The standard InChI is InChI=1S/C25H31N3O3S/c1-18-6-4-7-21(15-18)31-17-23(29)28(9-5-8-27-10-12-30-13-11-27)25-26-22-16-19(2)14-20(3)24(22)32-25/h4,6-7,14-16H,5,8-13,17H2,1-3H3. The molecule has 1 aliphatic heterocycles. The van der Waals surface area contributed by atoms with Gasteiger partial charge < -0.3 is 9.47 Å². The van der Waals surface area contributed by atoms with E-state index in [-0.39, 0.29) is 12.5 Å². The van der Waals surface area contributed by atoms with E-state index in [1.54, 1.807) is 16.2 Å². The highest BCUT2D eigenvalue weighted by atomic mass is 32.1. The Balaban J connectivity index is 1.50. The topological polar surface area (TPSA) is 54.9 Å². The number of amides is 1. The minimum atomic E-state index is -0.0677. The van der Waals surface area contributed by atoms with Gasteiger partial charge in [0.1, 0.15) is 5.75 Å². The summed E-state index contributed by atoms with van der Waals surface area (Å²) in [5, 5.41) is 0.744. The van der Waals surface area contributed by atoms with Crippen molar-refractivity contribution in [3.05, 3.63) is 53.1 Å². The highest BCUT2D eigenvalue weighted by Gasteiger charge is 2.21. The molecule has 2 aromatic carbocycles. The van der Waals surface area contributed by atoms with E-state index in [9.17, 15) is 4.79 Å². The number of hydrogen-bond donors (Lipinski definition) is 0. The van der Waals surface area contributed by atoms with Crippen LogP contribution in [0.4, 0.5) is 5.13 Å². The summed E-state index contributed by atoms with van der Waals surface area (Å²) in [4.78, 5) is 22.3. The molecule has 0 N–H and O–H groups in total. The van der Waals surface area contributed by atoms with Crippen LogP contribution in [0.5, 0.6) is 5.75 Å². The largest absolute Gasteiger partial charge is 0.484 e. The van der Waals surface area contributed by atoms with Gasteiger partial charge in [-0.15, -0.1) is 0 Å². The third kappa shape index (κ3) is 5.65. The van der Waals surface area contributed by atoms with E-state index in [4.69, 9.17) is 14.5 Å². The number of thiazole rings is 1. The molecule has 1 amide bonds. The summed E-state index contributed by atoms with van der Waals surface area (Å²) in [6, 6.07) is 12.0. The fourth-order valence-corrected chi connectivity index (χ4v) is 5.07. The molecule has 6 nitrogen and oxygen atoms in total. The van der Waals surface area contributed by atoms with Gasteiger partial charge in [0.2, 0.25) is 0 Å². The molecule has 0 radical (unpaired) electrons. The van der Waals surface area contributed by atoms with Crippen LogP contribution in [0.2, 0.25) is 0 Å². The molecule has 170 valence electrons. The molecule has 1 aliphatic rings. The first-order chi connectivity index (χ1) is 15.5. The number of anilines is 1.